The molecule has 0 spiro atoms. The van der Waals surface area contributed by atoms with Crippen molar-refractivity contribution >= 4 is 63.3 Å². The highest BCUT2D eigenvalue weighted by molar-refractivity contribution is 8.26. The Kier molecular flexibility index (Phi) is 6.93. The molecule has 2 saturated heterocycles. The van der Waals surface area contributed by atoms with E-state index in [1.54, 1.807) is 24.4 Å². The van der Waals surface area contributed by atoms with Gasteiger partial charge in [-0.05, 0) is 36.4 Å². The average molecular weight is 526 g/mol. The van der Waals surface area contributed by atoms with Crippen LogP contribution in [0.4, 0.5) is 5.82 Å². The highest BCUT2D eigenvalue weighted by Crippen LogP contribution is 2.35. The summed E-state index contributed by atoms with van der Waals surface area (Å²) in [5.41, 5.74) is 1.58. The first-order chi connectivity index (χ1) is 17.0. The smallest absolute Gasteiger partial charge is 0.267 e. The van der Waals surface area contributed by atoms with Crippen LogP contribution in [0.5, 0.6) is 0 Å². The summed E-state index contributed by atoms with van der Waals surface area (Å²) in [5.74, 6) is 0.368. The summed E-state index contributed by atoms with van der Waals surface area (Å²) < 4.78 is 1.95. The van der Waals surface area contributed by atoms with E-state index in [1.807, 2.05) is 30.3 Å². The number of thioether (sulfide) groups is 1. The van der Waals surface area contributed by atoms with Crippen molar-refractivity contribution in [1.82, 2.24) is 19.2 Å². The Morgan fingerprint density at radius 2 is 1.83 bits per heavy atom. The summed E-state index contributed by atoms with van der Waals surface area (Å²) in [5, 5.41) is 0.580. The maximum atomic E-state index is 13.6. The molecule has 2 aromatic heterocycles. The van der Waals surface area contributed by atoms with Crippen LogP contribution >= 0.6 is 35.6 Å². The molecule has 0 aliphatic carbocycles. The second-order valence-electron chi connectivity index (χ2n) is 8.36. The predicted molar refractivity (Wildman–Crippen MR) is 146 cm³/mol. The number of rotatable bonds is 5. The largest absolute Gasteiger partial charge is 0.353 e. The molecule has 0 unspecified atom stereocenters. The number of fused-ring (bicyclic) bond motifs is 1. The van der Waals surface area contributed by atoms with Crippen molar-refractivity contribution in [3.8, 4) is 0 Å². The highest BCUT2D eigenvalue weighted by Gasteiger charge is 2.33. The molecule has 0 N–H and O–H groups in total. The maximum absolute atomic E-state index is 13.6. The topological polar surface area (TPSA) is 61.2 Å². The zero-order chi connectivity index (χ0) is 24.5. The Morgan fingerprint density at radius 3 is 2.57 bits per heavy atom. The molecule has 1 aromatic carbocycles. The minimum absolute atomic E-state index is 0.208. The lowest BCUT2D eigenvalue weighted by molar-refractivity contribution is -0.122. The molecule has 35 heavy (non-hydrogen) atoms. The van der Waals surface area contributed by atoms with Crippen LogP contribution in [0.2, 0.25) is 5.02 Å². The van der Waals surface area contributed by atoms with E-state index in [2.05, 4.69) is 16.7 Å². The van der Waals surface area contributed by atoms with Gasteiger partial charge >= 0.3 is 0 Å². The molecule has 2 aliphatic rings. The summed E-state index contributed by atoms with van der Waals surface area (Å²) in [6.07, 6.45) is 3.35. The number of amides is 1. The molecule has 3 aromatic rings. The van der Waals surface area contributed by atoms with Gasteiger partial charge in [-0.3, -0.25) is 18.9 Å². The average Bonchev–Trinajstić information content (AvgIpc) is 3.14. The third-order valence-electron chi connectivity index (χ3n) is 6.30. The molecule has 5 rings (SSSR count). The number of carbonyl (C=O) groups excluding carboxylic acids is 1. The standard InChI is InChI=1S/C25H24ClN5O2S2/c1-2-28-11-13-29(14-12-28)22-18(23(32)30-10-6-5-9-21(30)27-22)15-20-24(33)31(25(34)35-20)16-17-7-3-4-8-19(17)26/h3-10,15H,2,11-14,16H2,1H3/b20-15+. The van der Waals surface area contributed by atoms with E-state index in [1.165, 1.54) is 21.1 Å². The van der Waals surface area contributed by atoms with Crippen LogP contribution in [0.1, 0.15) is 18.1 Å². The van der Waals surface area contributed by atoms with Crippen molar-refractivity contribution in [3.05, 3.63) is 80.1 Å². The summed E-state index contributed by atoms with van der Waals surface area (Å²) in [6, 6.07) is 12.9. The lowest BCUT2D eigenvalue weighted by atomic mass is 10.2. The summed E-state index contributed by atoms with van der Waals surface area (Å²) >= 11 is 13.0. The molecule has 4 heterocycles. The Balaban J connectivity index is 1.53. The molecule has 7 nitrogen and oxygen atoms in total. The van der Waals surface area contributed by atoms with Crippen LogP contribution in [0, 0.1) is 0 Å². The van der Waals surface area contributed by atoms with E-state index < -0.39 is 0 Å². The van der Waals surface area contributed by atoms with Crippen LogP contribution in [-0.4, -0.2) is 62.1 Å². The number of nitrogens with zero attached hydrogens (tertiary/aromatic N) is 5. The van der Waals surface area contributed by atoms with Crippen LogP contribution in [0.25, 0.3) is 11.7 Å². The Hall–Kier alpha value is -2.72. The number of hydrogen-bond acceptors (Lipinski definition) is 7. The number of carbonyl (C=O) groups is 1. The molecule has 2 fully saturated rings. The monoisotopic (exact) mass is 525 g/mol. The van der Waals surface area contributed by atoms with E-state index in [-0.39, 0.29) is 18.0 Å². The van der Waals surface area contributed by atoms with Crippen molar-refractivity contribution < 1.29 is 4.79 Å². The van der Waals surface area contributed by atoms with Crippen molar-refractivity contribution in [1.29, 1.82) is 0 Å². The van der Waals surface area contributed by atoms with Gasteiger partial charge in [0.05, 0.1) is 17.0 Å². The number of likely N-dealkylation sites (N-methyl/N-ethyl adjacent to an activating group) is 1. The SMILES string of the molecule is CCN1CCN(c2nc3ccccn3c(=O)c2/C=C2/SC(=S)N(Cc3ccccc3Cl)C2=O)CC1. The number of benzene rings is 1. The normalized spacial score (nSPS) is 18.3. The molecule has 0 atom stereocenters. The third-order valence-corrected chi connectivity index (χ3v) is 8.05. The van der Waals surface area contributed by atoms with Gasteiger partial charge in [-0.25, -0.2) is 4.98 Å². The number of piperazine rings is 1. The second kappa shape index (κ2) is 10.1. The summed E-state index contributed by atoms with van der Waals surface area (Å²) in [7, 11) is 0. The minimum atomic E-state index is -0.237. The molecule has 1 amide bonds. The maximum Gasteiger partial charge on any atom is 0.267 e. The zero-order valence-corrected chi connectivity index (χ0v) is 21.6. The van der Waals surface area contributed by atoms with E-state index in [0.29, 0.717) is 31.3 Å². The van der Waals surface area contributed by atoms with Crippen LogP contribution in [-0.2, 0) is 11.3 Å². The fourth-order valence-corrected chi connectivity index (χ4v) is 5.73. The fourth-order valence-electron chi connectivity index (χ4n) is 4.30. The molecule has 0 bridgehead atoms. The van der Waals surface area contributed by atoms with Gasteiger partial charge in [0, 0.05) is 37.4 Å². The van der Waals surface area contributed by atoms with Gasteiger partial charge in [-0.15, -0.1) is 0 Å². The number of pyridine rings is 1. The van der Waals surface area contributed by atoms with E-state index >= 15 is 0 Å². The molecule has 0 saturated carbocycles. The van der Waals surface area contributed by atoms with Crippen molar-refractivity contribution in [2.45, 2.75) is 13.5 Å². The molecule has 2 aliphatic heterocycles. The van der Waals surface area contributed by atoms with E-state index in [9.17, 15) is 9.59 Å². The number of anilines is 1. The number of hydrogen-bond donors (Lipinski definition) is 0. The van der Waals surface area contributed by atoms with Crippen LogP contribution in [0.15, 0.2) is 58.4 Å². The van der Waals surface area contributed by atoms with Gasteiger partial charge < -0.3 is 9.80 Å². The zero-order valence-electron chi connectivity index (χ0n) is 19.2. The quantitative estimate of drug-likeness (QED) is 0.370. The van der Waals surface area contributed by atoms with Crippen molar-refractivity contribution in [2.24, 2.45) is 0 Å². The summed E-state index contributed by atoms with van der Waals surface area (Å²) in [6.45, 7) is 6.73. The lowest BCUT2D eigenvalue weighted by Crippen LogP contribution is -2.47. The fraction of sp³-hybridized carbons (Fsp3) is 0.280. The number of halogens is 1. The number of aromatic nitrogens is 2. The molecule has 10 heteroatoms. The predicted octanol–water partition coefficient (Wildman–Crippen LogP) is 3.89. The Labute approximate surface area is 218 Å². The summed E-state index contributed by atoms with van der Waals surface area (Å²) in [4.78, 5) is 38.2. The van der Waals surface area contributed by atoms with Crippen molar-refractivity contribution in [2.75, 3.05) is 37.6 Å². The molecular weight excluding hydrogens is 502 g/mol. The first-order valence-corrected chi connectivity index (χ1v) is 13.0. The van der Waals surface area contributed by atoms with Gasteiger partial charge in [0.15, 0.2) is 0 Å². The van der Waals surface area contributed by atoms with E-state index in [4.69, 9.17) is 28.8 Å². The van der Waals surface area contributed by atoms with Gasteiger partial charge in [-0.1, -0.05) is 66.8 Å². The van der Waals surface area contributed by atoms with Gasteiger partial charge in [0.1, 0.15) is 15.8 Å². The van der Waals surface area contributed by atoms with Gasteiger partial charge in [0.25, 0.3) is 11.5 Å². The van der Waals surface area contributed by atoms with Crippen molar-refractivity contribution in [3.63, 3.8) is 0 Å². The lowest BCUT2D eigenvalue weighted by Gasteiger charge is -2.35. The van der Waals surface area contributed by atoms with Gasteiger partial charge in [0.2, 0.25) is 0 Å². The molecular formula is C25H24ClN5O2S2. The Bertz CT molecular complexity index is 1400. The molecule has 180 valence electrons. The highest BCUT2D eigenvalue weighted by atomic mass is 35.5. The van der Waals surface area contributed by atoms with Crippen LogP contribution < -0.4 is 10.5 Å². The minimum Gasteiger partial charge on any atom is -0.353 e. The van der Waals surface area contributed by atoms with Gasteiger partial charge in [-0.2, -0.15) is 0 Å². The first-order valence-electron chi connectivity index (χ1n) is 11.4. The van der Waals surface area contributed by atoms with Crippen LogP contribution in [0.3, 0.4) is 0 Å². The second-order valence-corrected chi connectivity index (χ2v) is 10.4. The Morgan fingerprint density at radius 1 is 1.09 bits per heavy atom. The molecule has 0 radical (unpaired) electrons. The van der Waals surface area contributed by atoms with E-state index in [0.717, 1.165) is 38.3 Å². The number of thiocarbonyl (C=S) groups is 1. The first kappa shape index (κ1) is 24.0. The third kappa shape index (κ3) is 4.73.